The second kappa shape index (κ2) is 12.7. The first-order valence-corrected chi connectivity index (χ1v) is 9.63. The van der Waals surface area contributed by atoms with Crippen molar-refractivity contribution in [1.29, 1.82) is 0 Å². The van der Waals surface area contributed by atoms with Crippen molar-refractivity contribution in [1.82, 2.24) is 10.6 Å². The van der Waals surface area contributed by atoms with Gasteiger partial charge in [-0.05, 0) is 37.0 Å². The normalized spacial score (nSPS) is 13.3. The van der Waals surface area contributed by atoms with Gasteiger partial charge >= 0.3 is 11.9 Å². The van der Waals surface area contributed by atoms with E-state index in [-0.39, 0.29) is 37.5 Å². The summed E-state index contributed by atoms with van der Waals surface area (Å²) in [5.41, 5.74) is 17.1. The number of hydrogen-bond donors (Lipinski definition) is 8. The number of nitrogens with one attached hydrogen (secondary N) is 2. The van der Waals surface area contributed by atoms with Gasteiger partial charge in [-0.2, -0.15) is 0 Å². The van der Waals surface area contributed by atoms with Crippen LogP contribution >= 0.6 is 0 Å². The zero-order valence-electron chi connectivity index (χ0n) is 17.2. The highest BCUT2D eigenvalue weighted by Crippen LogP contribution is 2.11. The number of nitrogens with two attached hydrogens (primary N) is 3. The Morgan fingerprint density at radius 2 is 1.56 bits per heavy atom. The fourth-order valence-corrected chi connectivity index (χ4v) is 2.68. The minimum Gasteiger partial charge on any atom is -0.508 e. The summed E-state index contributed by atoms with van der Waals surface area (Å²) in [6, 6.07) is 2.14. The van der Waals surface area contributed by atoms with Gasteiger partial charge in [0.05, 0.1) is 12.5 Å². The SMILES string of the molecule is NC(N)=NCCC[C@H](NC(=O)[C@@H](N)Cc1ccc(O)cc1)C(=O)N[C@@H](CC(=O)O)C(=O)O. The molecule has 0 aliphatic carbocycles. The molecule has 0 fully saturated rings. The van der Waals surface area contributed by atoms with Crippen LogP contribution in [0.1, 0.15) is 24.8 Å². The van der Waals surface area contributed by atoms with Crippen LogP contribution in [0.25, 0.3) is 0 Å². The summed E-state index contributed by atoms with van der Waals surface area (Å²) in [4.78, 5) is 51.0. The Hall–Kier alpha value is -3.87. The predicted octanol–water partition coefficient (Wildman–Crippen LogP) is -2.16. The highest BCUT2D eigenvalue weighted by molar-refractivity contribution is 5.92. The average molecular weight is 452 g/mol. The van der Waals surface area contributed by atoms with Crippen molar-refractivity contribution in [3.8, 4) is 5.75 Å². The van der Waals surface area contributed by atoms with E-state index in [0.717, 1.165) is 0 Å². The van der Waals surface area contributed by atoms with Crippen molar-refractivity contribution in [2.24, 2.45) is 22.2 Å². The molecule has 1 rings (SSSR count). The van der Waals surface area contributed by atoms with Gasteiger partial charge < -0.3 is 43.2 Å². The number of nitrogens with zero attached hydrogens (tertiary/aromatic N) is 1. The van der Waals surface area contributed by atoms with E-state index in [4.69, 9.17) is 27.4 Å². The molecule has 0 aliphatic rings. The van der Waals surface area contributed by atoms with Crippen molar-refractivity contribution >= 4 is 29.7 Å². The van der Waals surface area contributed by atoms with Gasteiger partial charge in [0.15, 0.2) is 5.96 Å². The molecule has 0 aromatic heterocycles. The molecule has 0 saturated heterocycles. The average Bonchev–Trinajstić information content (AvgIpc) is 2.70. The molecule has 0 saturated carbocycles. The maximum Gasteiger partial charge on any atom is 0.326 e. The number of aliphatic carboxylic acids is 2. The lowest BCUT2D eigenvalue weighted by atomic mass is 10.0. The summed E-state index contributed by atoms with van der Waals surface area (Å²) in [5.74, 6) is -4.60. The molecule has 3 atom stereocenters. The molecule has 0 spiro atoms. The van der Waals surface area contributed by atoms with Crippen LogP contribution in [0.15, 0.2) is 29.3 Å². The third-order valence-corrected chi connectivity index (χ3v) is 4.30. The Bertz CT molecular complexity index is 839. The van der Waals surface area contributed by atoms with Gasteiger partial charge in [0.2, 0.25) is 11.8 Å². The third kappa shape index (κ3) is 9.75. The lowest BCUT2D eigenvalue weighted by Gasteiger charge is -2.22. The Morgan fingerprint density at radius 1 is 0.969 bits per heavy atom. The minimum absolute atomic E-state index is 0.0414. The number of hydrogen-bond acceptors (Lipinski definition) is 7. The number of aliphatic imine (C=N–C) groups is 1. The summed E-state index contributed by atoms with van der Waals surface area (Å²) in [5, 5.41) is 31.9. The molecule has 0 unspecified atom stereocenters. The predicted molar refractivity (Wildman–Crippen MR) is 113 cm³/mol. The van der Waals surface area contributed by atoms with Crippen LogP contribution in [-0.4, -0.2) is 69.7 Å². The Morgan fingerprint density at radius 3 is 2.09 bits per heavy atom. The quantitative estimate of drug-likeness (QED) is 0.0915. The first kappa shape index (κ1) is 26.2. The number of benzene rings is 1. The van der Waals surface area contributed by atoms with Crippen LogP contribution in [0.4, 0.5) is 0 Å². The van der Waals surface area contributed by atoms with Gasteiger partial charge in [-0.15, -0.1) is 0 Å². The lowest BCUT2D eigenvalue weighted by Crippen LogP contribution is -2.55. The van der Waals surface area contributed by atoms with Crippen molar-refractivity contribution < 1.29 is 34.5 Å². The first-order chi connectivity index (χ1) is 15.0. The zero-order valence-corrected chi connectivity index (χ0v) is 17.2. The molecule has 176 valence electrons. The van der Waals surface area contributed by atoms with Gasteiger partial charge in [-0.3, -0.25) is 19.4 Å². The molecule has 0 heterocycles. The summed E-state index contributed by atoms with van der Waals surface area (Å²) in [7, 11) is 0. The highest BCUT2D eigenvalue weighted by Gasteiger charge is 2.29. The smallest absolute Gasteiger partial charge is 0.326 e. The maximum atomic E-state index is 12.6. The monoisotopic (exact) mass is 452 g/mol. The van der Waals surface area contributed by atoms with Crippen molar-refractivity contribution in [2.45, 2.75) is 43.8 Å². The van der Waals surface area contributed by atoms with Gasteiger partial charge in [0, 0.05) is 6.54 Å². The molecule has 0 radical (unpaired) electrons. The molecule has 1 aromatic rings. The van der Waals surface area contributed by atoms with Crippen LogP contribution < -0.4 is 27.8 Å². The standard InChI is InChI=1S/C19H28N6O7/c20-12(8-10-3-5-11(26)6-4-10)16(29)24-13(2-1-7-23-19(21)22)17(30)25-14(18(31)32)9-15(27)28/h3-6,12-14,26H,1-2,7-9,20H2,(H,24,29)(H,25,30)(H,27,28)(H,31,32)(H4,21,22,23)/t12-,13-,14-/m0/s1. The van der Waals surface area contributed by atoms with Gasteiger partial charge in [0.1, 0.15) is 17.8 Å². The van der Waals surface area contributed by atoms with E-state index in [1.807, 2.05) is 0 Å². The number of carbonyl (C=O) groups is 4. The fraction of sp³-hybridized carbons (Fsp3) is 0.421. The van der Waals surface area contributed by atoms with E-state index < -0.39 is 48.3 Å². The maximum absolute atomic E-state index is 12.6. The number of carboxylic acid groups (broad SMARTS) is 2. The molecule has 2 amide bonds. The molecular weight excluding hydrogens is 424 g/mol. The summed E-state index contributed by atoms with van der Waals surface area (Å²) in [6.07, 6.45) is -0.416. The molecule has 0 aliphatic heterocycles. The second-order valence-corrected chi connectivity index (χ2v) is 6.98. The third-order valence-electron chi connectivity index (χ3n) is 4.30. The van der Waals surface area contributed by atoms with Crippen molar-refractivity contribution in [2.75, 3.05) is 6.54 Å². The number of guanidine groups is 1. The van der Waals surface area contributed by atoms with Crippen LogP contribution in [0.2, 0.25) is 0 Å². The van der Waals surface area contributed by atoms with E-state index in [9.17, 15) is 24.3 Å². The number of phenolic OH excluding ortho intramolecular Hbond substituents is 1. The molecule has 1 aromatic carbocycles. The summed E-state index contributed by atoms with van der Waals surface area (Å²) < 4.78 is 0. The number of carbonyl (C=O) groups excluding carboxylic acids is 2. The van der Waals surface area contributed by atoms with Gasteiger partial charge in [-0.1, -0.05) is 12.1 Å². The number of amides is 2. The van der Waals surface area contributed by atoms with E-state index >= 15 is 0 Å². The van der Waals surface area contributed by atoms with Gasteiger partial charge in [-0.25, -0.2) is 4.79 Å². The van der Waals surface area contributed by atoms with Crippen molar-refractivity contribution in [3.63, 3.8) is 0 Å². The Kier molecular flexibility index (Phi) is 10.4. The van der Waals surface area contributed by atoms with E-state index in [0.29, 0.717) is 5.56 Å². The number of rotatable bonds is 13. The molecule has 13 nitrogen and oxygen atoms in total. The molecule has 11 N–H and O–H groups in total. The fourth-order valence-electron chi connectivity index (χ4n) is 2.68. The largest absolute Gasteiger partial charge is 0.508 e. The Labute approximate surface area is 183 Å². The molecule has 13 heteroatoms. The second-order valence-electron chi connectivity index (χ2n) is 6.98. The van der Waals surface area contributed by atoms with Crippen LogP contribution in [0, 0.1) is 0 Å². The van der Waals surface area contributed by atoms with Crippen LogP contribution in [0.5, 0.6) is 5.75 Å². The van der Waals surface area contributed by atoms with Crippen LogP contribution in [0.3, 0.4) is 0 Å². The molecular formula is C19H28N6O7. The van der Waals surface area contributed by atoms with Crippen molar-refractivity contribution in [3.05, 3.63) is 29.8 Å². The lowest BCUT2D eigenvalue weighted by molar-refractivity contribution is -0.147. The Balaban J connectivity index is 2.85. The molecule has 32 heavy (non-hydrogen) atoms. The number of aromatic hydroxyl groups is 1. The first-order valence-electron chi connectivity index (χ1n) is 9.63. The summed E-state index contributed by atoms with van der Waals surface area (Å²) >= 11 is 0. The zero-order chi connectivity index (χ0) is 24.3. The van der Waals surface area contributed by atoms with E-state index in [2.05, 4.69) is 15.6 Å². The molecule has 0 bridgehead atoms. The van der Waals surface area contributed by atoms with E-state index in [1.165, 1.54) is 12.1 Å². The summed E-state index contributed by atoms with van der Waals surface area (Å²) in [6.45, 7) is 0.152. The van der Waals surface area contributed by atoms with E-state index in [1.54, 1.807) is 12.1 Å². The minimum atomic E-state index is -1.68. The highest BCUT2D eigenvalue weighted by atomic mass is 16.4. The van der Waals surface area contributed by atoms with Gasteiger partial charge in [0.25, 0.3) is 0 Å². The van der Waals surface area contributed by atoms with Crippen LogP contribution in [-0.2, 0) is 25.6 Å². The number of phenols is 1. The topological polar surface area (TPSA) is 243 Å². The number of carboxylic acids is 2.